The zero-order valence-corrected chi connectivity index (χ0v) is 19.6. The van der Waals surface area contributed by atoms with Crippen LogP contribution in [-0.2, 0) is 14.8 Å². The first-order valence-corrected chi connectivity index (χ1v) is 11.4. The van der Waals surface area contributed by atoms with Crippen molar-refractivity contribution >= 4 is 47.8 Å². The molecule has 0 fully saturated rings. The van der Waals surface area contributed by atoms with Crippen LogP contribution in [0.5, 0.6) is 5.75 Å². The van der Waals surface area contributed by atoms with E-state index in [1.807, 2.05) is 27.7 Å². The Balaban J connectivity index is 3.18. The summed E-state index contributed by atoms with van der Waals surface area (Å²) in [5.74, 6) is 0.0487. The maximum atomic E-state index is 12.9. The van der Waals surface area contributed by atoms with Crippen LogP contribution in [0.2, 0.25) is 0 Å². The number of amides is 1. The first-order chi connectivity index (χ1) is 11.9. The topological polar surface area (TPSA) is 84.5 Å². The summed E-state index contributed by atoms with van der Waals surface area (Å²) in [5, 5.41) is 2.84. The van der Waals surface area contributed by atoms with Gasteiger partial charge in [0.15, 0.2) is 0 Å². The van der Waals surface area contributed by atoms with Gasteiger partial charge in [0.2, 0.25) is 15.9 Å². The van der Waals surface area contributed by atoms with Crippen LogP contribution in [0.1, 0.15) is 47.0 Å². The van der Waals surface area contributed by atoms with Crippen LogP contribution >= 0.6 is 31.9 Å². The van der Waals surface area contributed by atoms with Crippen molar-refractivity contribution in [3.8, 4) is 5.75 Å². The summed E-state index contributed by atoms with van der Waals surface area (Å²) in [4.78, 5) is 12.6. The molecule has 0 saturated heterocycles. The van der Waals surface area contributed by atoms with Crippen molar-refractivity contribution < 1.29 is 17.9 Å². The first kappa shape index (κ1) is 23.4. The molecule has 0 bridgehead atoms. The fraction of sp³-hybridized carbons (Fsp3) is 0.588. The van der Waals surface area contributed by atoms with Crippen LogP contribution in [0.3, 0.4) is 0 Å². The average Bonchev–Trinajstić information content (AvgIpc) is 2.49. The summed E-state index contributed by atoms with van der Waals surface area (Å²) in [5.41, 5.74) is -0.450. The number of halogens is 2. The summed E-state index contributed by atoms with van der Waals surface area (Å²) in [6, 6.07) is 2.17. The molecule has 0 aliphatic carbocycles. The van der Waals surface area contributed by atoms with Crippen molar-refractivity contribution in [1.29, 1.82) is 0 Å². The van der Waals surface area contributed by atoms with E-state index < -0.39 is 21.6 Å². The highest BCUT2D eigenvalue weighted by atomic mass is 79.9. The van der Waals surface area contributed by atoms with Gasteiger partial charge in [0, 0.05) is 16.1 Å². The molecule has 0 heterocycles. The molecule has 6 nitrogen and oxygen atoms in total. The Hall–Kier alpha value is -0.640. The lowest BCUT2D eigenvalue weighted by Crippen LogP contribution is -2.52. The van der Waals surface area contributed by atoms with E-state index in [0.717, 1.165) is 12.8 Å². The zero-order valence-electron chi connectivity index (χ0n) is 15.7. The fourth-order valence-electron chi connectivity index (χ4n) is 2.23. The molecule has 2 N–H and O–H groups in total. The molecule has 1 aromatic carbocycles. The van der Waals surface area contributed by atoms with E-state index >= 15 is 0 Å². The maximum Gasteiger partial charge on any atom is 0.242 e. The van der Waals surface area contributed by atoms with Crippen LogP contribution in [0, 0.1) is 0 Å². The minimum atomic E-state index is -3.93. The summed E-state index contributed by atoms with van der Waals surface area (Å²) >= 11 is 6.58. The van der Waals surface area contributed by atoms with E-state index in [-0.39, 0.29) is 10.8 Å². The summed E-state index contributed by atoms with van der Waals surface area (Å²) in [6.45, 7) is 7.55. The molecule has 0 aromatic heterocycles. The number of methoxy groups -OCH3 is 1. The van der Waals surface area contributed by atoms with Crippen molar-refractivity contribution in [3.05, 3.63) is 21.1 Å². The number of carbonyl (C=O) groups is 1. The van der Waals surface area contributed by atoms with E-state index in [2.05, 4.69) is 41.9 Å². The predicted octanol–water partition coefficient (Wildman–Crippen LogP) is 3.97. The summed E-state index contributed by atoms with van der Waals surface area (Å²) in [6.07, 6.45) is 2.01. The molecular formula is C17H26Br2N2O4S. The van der Waals surface area contributed by atoms with E-state index in [1.165, 1.54) is 13.2 Å². The number of ether oxygens (including phenoxy) is 1. The van der Waals surface area contributed by atoms with Crippen molar-refractivity contribution in [2.24, 2.45) is 0 Å². The third-order valence-corrected chi connectivity index (χ3v) is 6.50. The van der Waals surface area contributed by atoms with Crippen LogP contribution in [0.25, 0.3) is 0 Å². The fourth-order valence-corrected chi connectivity index (χ4v) is 5.33. The number of carbonyl (C=O) groups excluding carboxylic acids is 1. The van der Waals surface area contributed by atoms with E-state index in [1.54, 1.807) is 6.07 Å². The van der Waals surface area contributed by atoms with Crippen molar-refractivity contribution in [2.45, 2.75) is 63.4 Å². The van der Waals surface area contributed by atoms with Gasteiger partial charge in [0.25, 0.3) is 0 Å². The summed E-state index contributed by atoms with van der Waals surface area (Å²) in [7, 11) is -2.47. The van der Waals surface area contributed by atoms with Crippen LogP contribution in [-0.4, -0.2) is 33.0 Å². The Morgan fingerprint density at radius 2 is 1.85 bits per heavy atom. The lowest BCUT2D eigenvalue weighted by Gasteiger charge is -2.25. The van der Waals surface area contributed by atoms with E-state index in [9.17, 15) is 13.2 Å². The smallest absolute Gasteiger partial charge is 0.242 e. The third-order valence-electron chi connectivity index (χ3n) is 3.45. The highest BCUT2D eigenvalue weighted by Crippen LogP contribution is 2.34. The van der Waals surface area contributed by atoms with E-state index in [4.69, 9.17) is 4.74 Å². The molecule has 0 aliphatic heterocycles. The lowest BCUT2D eigenvalue weighted by molar-refractivity contribution is -0.124. The molecule has 0 saturated carbocycles. The molecule has 1 amide bonds. The Morgan fingerprint density at radius 3 is 2.35 bits per heavy atom. The molecule has 0 radical (unpaired) electrons. The molecule has 26 heavy (non-hydrogen) atoms. The van der Waals surface area contributed by atoms with Gasteiger partial charge in [-0.2, -0.15) is 4.72 Å². The van der Waals surface area contributed by atoms with Gasteiger partial charge < -0.3 is 10.1 Å². The Morgan fingerprint density at radius 1 is 1.23 bits per heavy atom. The number of hydrogen-bond donors (Lipinski definition) is 2. The van der Waals surface area contributed by atoms with Gasteiger partial charge in [-0.15, -0.1) is 0 Å². The normalized spacial score (nSPS) is 13.3. The molecule has 0 aliphatic rings. The highest BCUT2D eigenvalue weighted by Gasteiger charge is 2.29. The minimum Gasteiger partial charge on any atom is -0.496 e. The van der Waals surface area contributed by atoms with Gasteiger partial charge >= 0.3 is 0 Å². The maximum absolute atomic E-state index is 12.9. The number of unbranched alkanes of at least 4 members (excludes halogenated alkanes) is 1. The SMILES string of the molecule is CCCC[C@@H](NS(=O)(=O)c1cc(OC)c(Br)cc1Br)C(=O)NC(C)(C)C. The molecule has 0 spiro atoms. The molecular weight excluding hydrogens is 488 g/mol. The lowest BCUT2D eigenvalue weighted by atomic mass is 10.1. The minimum absolute atomic E-state index is 0.0163. The average molecular weight is 514 g/mol. The number of hydrogen-bond acceptors (Lipinski definition) is 4. The summed E-state index contributed by atoms with van der Waals surface area (Å²) < 4.78 is 34.5. The highest BCUT2D eigenvalue weighted by molar-refractivity contribution is 9.11. The quantitative estimate of drug-likeness (QED) is 0.550. The van der Waals surface area contributed by atoms with Crippen molar-refractivity contribution in [2.75, 3.05) is 7.11 Å². The number of nitrogens with one attached hydrogen (secondary N) is 2. The number of benzene rings is 1. The number of sulfonamides is 1. The Kier molecular flexibility index (Phi) is 8.57. The Bertz CT molecular complexity index is 746. The molecule has 1 atom stereocenters. The van der Waals surface area contributed by atoms with Gasteiger partial charge in [-0.1, -0.05) is 19.8 Å². The molecule has 0 unspecified atom stereocenters. The largest absolute Gasteiger partial charge is 0.496 e. The van der Waals surface area contributed by atoms with Gasteiger partial charge in [0.1, 0.15) is 11.8 Å². The standard InChI is InChI=1S/C17H26Br2N2O4S/c1-6-7-8-13(16(22)20-17(2,3)4)21-26(23,24)15-10-14(25-5)11(18)9-12(15)19/h9-10,13,21H,6-8H2,1-5H3,(H,20,22)/t13-/m1/s1. The van der Waals surface area contributed by atoms with Gasteiger partial charge in [0.05, 0.1) is 16.5 Å². The molecule has 1 aromatic rings. The number of rotatable bonds is 8. The second kappa shape index (κ2) is 9.52. The van der Waals surface area contributed by atoms with Gasteiger partial charge in [-0.05, 0) is 65.1 Å². The van der Waals surface area contributed by atoms with Gasteiger partial charge in [-0.25, -0.2) is 8.42 Å². The van der Waals surface area contributed by atoms with Crippen molar-refractivity contribution in [3.63, 3.8) is 0 Å². The van der Waals surface area contributed by atoms with Crippen molar-refractivity contribution in [1.82, 2.24) is 10.0 Å². The van der Waals surface area contributed by atoms with E-state index in [0.29, 0.717) is 21.1 Å². The van der Waals surface area contributed by atoms with Crippen LogP contribution < -0.4 is 14.8 Å². The van der Waals surface area contributed by atoms with Crippen LogP contribution in [0.4, 0.5) is 0 Å². The second-order valence-corrected chi connectivity index (χ2v) is 10.4. The first-order valence-electron chi connectivity index (χ1n) is 8.28. The zero-order chi connectivity index (χ0) is 20.1. The second-order valence-electron chi connectivity index (χ2n) is 6.97. The molecule has 9 heteroatoms. The third kappa shape index (κ3) is 6.83. The van der Waals surface area contributed by atoms with Crippen LogP contribution in [0.15, 0.2) is 26.0 Å². The molecule has 1 rings (SSSR count). The Labute approximate surface area is 172 Å². The van der Waals surface area contributed by atoms with Gasteiger partial charge in [-0.3, -0.25) is 4.79 Å². The molecule has 148 valence electrons. The monoisotopic (exact) mass is 512 g/mol. The predicted molar refractivity (Wildman–Crippen MR) is 110 cm³/mol.